The van der Waals surface area contributed by atoms with Gasteiger partial charge in [0.05, 0.1) is 0 Å². The minimum atomic E-state index is 1.10. The van der Waals surface area contributed by atoms with Crippen molar-refractivity contribution in [1.82, 2.24) is 0 Å². The number of hydrogen-bond acceptors (Lipinski definition) is 0. The summed E-state index contributed by atoms with van der Waals surface area (Å²) in [5, 5.41) is 8.14. The molecule has 0 heterocycles. The fraction of sp³-hybridized carbons (Fsp3) is 0.176. The van der Waals surface area contributed by atoms with E-state index in [-0.39, 0.29) is 0 Å². The van der Waals surface area contributed by atoms with Gasteiger partial charge in [-0.3, -0.25) is 0 Å². The van der Waals surface area contributed by atoms with Gasteiger partial charge in [-0.25, -0.2) is 0 Å². The molecule has 0 saturated heterocycles. The summed E-state index contributed by atoms with van der Waals surface area (Å²) in [7, 11) is 0. The second-order valence-corrected chi connectivity index (χ2v) is 9.51. The van der Waals surface area contributed by atoms with Crippen LogP contribution in [0.2, 0.25) is 0 Å². The van der Waals surface area contributed by atoms with Crippen molar-refractivity contribution in [2.24, 2.45) is 0 Å². The van der Waals surface area contributed by atoms with Crippen molar-refractivity contribution in [3.8, 4) is 0 Å². The minimum absolute atomic E-state index is 1.10. The van der Waals surface area contributed by atoms with Gasteiger partial charge in [0.1, 0.15) is 0 Å². The van der Waals surface area contributed by atoms with Gasteiger partial charge >= 0.3 is 0 Å². The van der Waals surface area contributed by atoms with Crippen molar-refractivity contribution in [1.29, 1.82) is 0 Å². The van der Waals surface area contributed by atoms with E-state index in [4.69, 9.17) is 0 Å². The molecule has 0 amide bonds. The number of rotatable bonds is 1. The Morgan fingerprint density at radius 1 is 0.618 bits per heavy atom. The van der Waals surface area contributed by atoms with Gasteiger partial charge in [-0.2, -0.15) is 0 Å². The monoisotopic (exact) mass is 438 g/mol. The molecule has 0 atom stereocenters. The van der Waals surface area contributed by atoms with Crippen LogP contribution >= 0.6 is 0 Å². The Balaban J connectivity index is 0.000000129. The van der Waals surface area contributed by atoms with E-state index in [1.807, 2.05) is 0 Å². The van der Waals surface area contributed by atoms with Crippen LogP contribution in [-0.2, 0) is 12.8 Å². The van der Waals surface area contributed by atoms with Crippen LogP contribution in [0.1, 0.15) is 42.9 Å². The van der Waals surface area contributed by atoms with Gasteiger partial charge in [-0.1, -0.05) is 104 Å². The maximum atomic E-state index is 2.34. The zero-order valence-electron chi connectivity index (χ0n) is 19.9. The lowest BCUT2D eigenvalue weighted by molar-refractivity contribution is 0.831. The Labute approximate surface area is 202 Å². The Morgan fingerprint density at radius 2 is 1.32 bits per heavy atom. The van der Waals surface area contributed by atoms with Gasteiger partial charge in [0.2, 0.25) is 0 Å². The van der Waals surface area contributed by atoms with Crippen molar-refractivity contribution >= 4 is 37.9 Å². The molecule has 166 valence electrons. The van der Waals surface area contributed by atoms with E-state index in [9.17, 15) is 0 Å². The summed E-state index contributed by atoms with van der Waals surface area (Å²) in [4.78, 5) is 0. The summed E-state index contributed by atoms with van der Waals surface area (Å²) in [6.07, 6.45) is 10.7. The molecule has 2 aliphatic carbocycles. The molecule has 0 aliphatic heterocycles. The SMILES string of the molecule is C1=CC2=C(CC1)CCc1c2ccc2ccccc12.CCc1ccc2cc3ccccc3cc2c1. The molecule has 0 unspecified atom stereocenters. The van der Waals surface area contributed by atoms with E-state index in [2.05, 4.69) is 110 Å². The van der Waals surface area contributed by atoms with E-state index in [0.29, 0.717) is 0 Å². The van der Waals surface area contributed by atoms with Crippen LogP contribution in [0.4, 0.5) is 0 Å². The van der Waals surface area contributed by atoms with Crippen LogP contribution in [0, 0.1) is 0 Å². The van der Waals surface area contributed by atoms with E-state index in [1.165, 1.54) is 74.7 Å². The van der Waals surface area contributed by atoms with E-state index in [0.717, 1.165) is 6.42 Å². The van der Waals surface area contributed by atoms with Crippen LogP contribution in [0.3, 0.4) is 0 Å². The van der Waals surface area contributed by atoms with Gasteiger partial charge in [-0.05, 0) is 98.8 Å². The molecule has 2 aliphatic rings. The lowest BCUT2D eigenvalue weighted by Gasteiger charge is -2.25. The highest BCUT2D eigenvalue weighted by Crippen LogP contribution is 2.39. The second-order valence-electron chi connectivity index (χ2n) is 9.51. The Bertz CT molecular complexity index is 1580. The summed E-state index contributed by atoms with van der Waals surface area (Å²) in [6, 6.07) is 33.2. The third-order valence-electron chi connectivity index (χ3n) is 7.46. The van der Waals surface area contributed by atoms with E-state index in [1.54, 1.807) is 11.1 Å². The third kappa shape index (κ3) is 3.84. The summed E-state index contributed by atoms with van der Waals surface area (Å²) in [5.41, 5.74) is 7.61. The summed E-state index contributed by atoms with van der Waals surface area (Å²) in [5.74, 6) is 0. The first-order valence-electron chi connectivity index (χ1n) is 12.6. The maximum absolute atomic E-state index is 2.34. The van der Waals surface area contributed by atoms with Gasteiger partial charge in [0, 0.05) is 0 Å². The quantitative estimate of drug-likeness (QED) is 0.229. The molecule has 0 bridgehead atoms. The molecule has 5 aromatic rings. The Kier molecular flexibility index (Phi) is 5.51. The first-order valence-corrected chi connectivity index (χ1v) is 12.6. The average Bonchev–Trinajstić information content (AvgIpc) is 2.91. The molecule has 34 heavy (non-hydrogen) atoms. The zero-order chi connectivity index (χ0) is 22.9. The number of fused-ring (bicyclic) bond motifs is 6. The highest BCUT2D eigenvalue weighted by atomic mass is 14.2. The number of hydrogen-bond donors (Lipinski definition) is 0. The van der Waals surface area contributed by atoms with Crippen molar-refractivity contribution in [3.63, 3.8) is 0 Å². The lowest BCUT2D eigenvalue weighted by atomic mass is 9.80. The highest BCUT2D eigenvalue weighted by Gasteiger charge is 2.20. The van der Waals surface area contributed by atoms with Gasteiger partial charge < -0.3 is 0 Å². The molecule has 0 N–H and O–H groups in total. The standard InChI is InChI=1S/C18H16.C16H14/c1-3-7-15-13(5-1)9-11-18-16-8-4-2-6-14(16)10-12-17(15)18;1-2-12-7-8-15-10-13-5-3-4-6-14(13)11-16(15)9-12/h1,3-5,7-9,11H,2,6,10,12H2;3-11H,2H2,1H3. The molecule has 0 saturated carbocycles. The Morgan fingerprint density at radius 3 is 2.15 bits per heavy atom. The zero-order valence-corrected chi connectivity index (χ0v) is 19.9. The largest absolute Gasteiger partial charge is 0.0836 e. The van der Waals surface area contributed by atoms with Crippen LogP contribution in [-0.4, -0.2) is 0 Å². The van der Waals surface area contributed by atoms with E-state index >= 15 is 0 Å². The fourth-order valence-corrected chi connectivity index (χ4v) is 5.59. The molecular formula is C34H30. The highest BCUT2D eigenvalue weighted by molar-refractivity contribution is 5.98. The van der Waals surface area contributed by atoms with Crippen molar-refractivity contribution in [2.75, 3.05) is 0 Å². The number of allylic oxidation sites excluding steroid dienone is 4. The first-order chi connectivity index (χ1) is 16.8. The smallest absolute Gasteiger partial charge is 0.0146 e. The van der Waals surface area contributed by atoms with Crippen LogP contribution in [0.25, 0.3) is 37.9 Å². The molecular weight excluding hydrogens is 408 g/mol. The predicted octanol–water partition coefficient (Wildman–Crippen LogP) is 9.44. The molecule has 0 heteroatoms. The van der Waals surface area contributed by atoms with E-state index < -0.39 is 0 Å². The normalized spacial score (nSPS) is 14.6. The van der Waals surface area contributed by atoms with Gasteiger partial charge in [0.15, 0.2) is 0 Å². The summed E-state index contributed by atoms with van der Waals surface area (Å²) < 4.78 is 0. The summed E-state index contributed by atoms with van der Waals surface area (Å²) >= 11 is 0. The second kappa shape index (κ2) is 8.95. The predicted molar refractivity (Wildman–Crippen MR) is 148 cm³/mol. The molecule has 5 aromatic carbocycles. The van der Waals surface area contributed by atoms with Crippen molar-refractivity contribution in [3.05, 3.63) is 125 Å². The average molecular weight is 439 g/mol. The molecule has 0 radical (unpaired) electrons. The first kappa shape index (κ1) is 20.9. The Hall–Kier alpha value is -3.64. The minimum Gasteiger partial charge on any atom is -0.0836 e. The molecule has 0 aromatic heterocycles. The van der Waals surface area contributed by atoms with Crippen LogP contribution in [0.5, 0.6) is 0 Å². The number of benzene rings is 5. The molecule has 0 nitrogen and oxygen atoms in total. The maximum Gasteiger partial charge on any atom is -0.0146 e. The number of aryl methyl sites for hydroxylation is 2. The van der Waals surface area contributed by atoms with Crippen LogP contribution in [0.15, 0.2) is 109 Å². The fourth-order valence-electron chi connectivity index (χ4n) is 5.59. The van der Waals surface area contributed by atoms with Crippen molar-refractivity contribution in [2.45, 2.75) is 39.0 Å². The third-order valence-corrected chi connectivity index (χ3v) is 7.46. The molecule has 7 rings (SSSR count). The molecule has 0 spiro atoms. The van der Waals surface area contributed by atoms with Crippen LogP contribution < -0.4 is 0 Å². The topological polar surface area (TPSA) is 0 Å². The molecule has 0 fully saturated rings. The summed E-state index contributed by atoms with van der Waals surface area (Å²) in [6.45, 7) is 2.20. The van der Waals surface area contributed by atoms with Crippen molar-refractivity contribution < 1.29 is 0 Å². The van der Waals surface area contributed by atoms with Gasteiger partial charge in [0.25, 0.3) is 0 Å². The lowest BCUT2D eigenvalue weighted by Crippen LogP contribution is -2.06. The van der Waals surface area contributed by atoms with Gasteiger partial charge in [-0.15, -0.1) is 0 Å².